The third-order valence-electron chi connectivity index (χ3n) is 3.50. The van der Waals surface area contributed by atoms with Crippen molar-refractivity contribution in [3.63, 3.8) is 0 Å². The van der Waals surface area contributed by atoms with Gasteiger partial charge in [-0.25, -0.2) is 9.37 Å². The lowest BCUT2D eigenvalue weighted by Crippen LogP contribution is -2.15. The number of halogens is 4. The molecular formula is C16H12F4N6OS. The van der Waals surface area contributed by atoms with Gasteiger partial charge in [-0.2, -0.15) is 17.9 Å². The number of thioether (sulfide) groups is 1. The van der Waals surface area contributed by atoms with Gasteiger partial charge in [0.1, 0.15) is 11.5 Å². The number of aryl methyl sites for hydroxylation is 1. The van der Waals surface area contributed by atoms with E-state index in [2.05, 4.69) is 25.8 Å². The van der Waals surface area contributed by atoms with Crippen molar-refractivity contribution in [1.29, 1.82) is 0 Å². The van der Waals surface area contributed by atoms with Crippen LogP contribution in [0.25, 0.3) is 5.69 Å². The van der Waals surface area contributed by atoms with Crippen LogP contribution < -0.4 is 5.32 Å². The molecule has 1 N–H and O–H groups in total. The number of hydrogen-bond acceptors (Lipinski definition) is 6. The zero-order chi connectivity index (χ0) is 20.3. The summed E-state index contributed by atoms with van der Waals surface area (Å²) in [5, 5.41) is 13.6. The second-order valence-corrected chi connectivity index (χ2v) is 6.52. The van der Waals surface area contributed by atoms with E-state index in [9.17, 15) is 22.4 Å². The maximum Gasteiger partial charge on any atom is 0.417 e. The fourth-order valence-corrected chi connectivity index (χ4v) is 2.82. The Labute approximate surface area is 160 Å². The van der Waals surface area contributed by atoms with Gasteiger partial charge in [-0.15, -0.1) is 5.10 Å². The molecule has 3 aromatic rings. The zero-order valence-electron chi connectivity index (χ0n) is 14.2. The molecule has 0 radical (unpaired) electrons. The number of nitrogens with one attached hydrogen (secondary N) is 1. The lowest BCUT2D eigenvalue weighted by atomic mass is 10.2. The number of tetrazole rings is 1. The van der Waals surface area contributed by atoms with Crippen molar-refractivity contribution in [1.82, 2.24) is 25.2 Å². The second kappa shape index (κ2) is 7.92. The molecule has 0 spiro atoms. The highest BCUT2D eigenvalue weighted by molar-refractivity contribution is 7.99. The number of aromatic nitrogens is 5. The summed E-state index contributed by atoms with van der Waals surface area (Å²) in [5.41, 5.74) is -0.479. The number of benzene rings is 1. The first-order chi connectivity index (χ1) is 13.2. The lowest BCUT2D eigenvalue weighted by molar-refractivity contribution is -0.137. The summed E-state index contributed by atoms with van der Waals surface area (Å²) < 4.78 is 52.7. The van der Waals surface area contributed by atoms with Crippen LogP contribution in [0.5, 0.6) is 0 Å². The minimum Gasteiger partial charge on any atom is -0.325 e. The molecule has 0 unspecified atom stereocenters. The number of hydrogen-bond donors (Lipinski definition) is 1. The summed E-state index contributed by atoms with van der Waals surface area (Å²) in [7, 11) is 0. The van der Waals surface area contributed by atoms with Crippen molar-refractivity contribution in [2.75, 3.05) is 11.1 Å². The van der Waals surface area contributed by atoms with Crippen molar-refractivity contribution >= 4 is 23.4 Å². The van der Waals surface area contributed by atoms with E-state index in [0.717, 1.165) is 23.9 Å². The first-order valence-corrected chi connectivity index (χ1v) is 8.73. The van der Waals surface area contributed by atoms with Gasteiger partial charge < -0.3 is 5.32 Å². The van der Waals surface area contributed by atoms with E-state index < -0.39 is 23.5 Å². The monoisotopic (exact) mass is 412 g/mol. The predicted octanol–water partition coefficient (Wildman–Crippen LogP) is 3.25. The number of anilines is 1. The summed E-state index contributed by atoms with van der Waals surface area (Å²) in [6.45, 7) is 1.60. The van der Waals surface area contributed by atoms with Crippen molar-refractivity contribution in [3.8, 4) is 5.69 Å². The molecule has 0 aliphatic heterocycles. The number of rotatable bonds is 5. The number of amides is 1. The maximum absolute atomic E-state index is 14.0. The van der Waals surface area contributed by atoms with Gasteiger partial charge in [-0.05, 0) is 47.7 Å². The molecule has 1 amide bonds. The molecule has 3 rings (SSSR count). The molecule has 12 heteroatoms. The smallest absolute Gasteiger partial charge is 0.325 e. The summed E-state index contributed by atoms with van der Waals surface area (Å²) in [4.78, 5) is 15.8. The normalized spacial score (nSPS) is 11.5. The highest BCUT2D eigenvalue weighted by Gasteiger charge is 2.30. The molecular weight excluding hydrogens is 400 g/mol. The molecule has 2 aromatic heterocycles. The van der Waals surface area contributed by atoms with Crippen LogP contribution >= 0.6 is 11.8 Å². The standard InChI is InChI=1S/C16H12F4N6OS/c1-9-23-24-25-26(9)13-6-11(3-4-12(13)17)22-14(27)8-28-15-5-2-10(7-21-15)16(18,19)20/h2-7H,8H2,1H3,(H,22,27). The molecule has 0 aliphatic rings. The van der Waals surface area contributed by atoms with Gasteiger partial charge in [0.2, 0.25) is 5.91 Å². The topological polar surface area (TPSA) is 85.6 Å². The Bertz CT molecular complexity index is 990. The number of carbonyl (C=O) groups is 1. The van der Waals surface area contributed by atoms with Crippen LogP contribution in [-0.2, 0) is 11.0 Å². The van der Waals surface area contributed by atoms with Gasteiger partial charge in [0.25, 0.3) is 0 Å². The lowest BCUT2D eigenvalue weighted by Gasteiger charge is -2.09. The number of alkyl halides is 3. The van der Waals surface area contributed by atoms with Crippen molar-refractivity contribution in [2.45, 2.75) is 18.1 Å². The van der Waals surface area contributed by atoms with E-state index in [1.165, 1.54) is 22.9 Å². The quantitative estimate of drug-likeness (QED) is 0.512. The van der Waals surface area contributed by atoms with Crippen LogP contribution in [0.2, 0.25) is 0 Å². The number of nitrogens with zero attached hydrogens (tertiary/aromatic N) is 5. The van der Waals surface area contributed by atoms with Crippen LogP contribution in [0, 0.1) is 12.7 Å². The molecule has 146 valence electrons. The zero-order valence-corrected chi connectivity index (χ0v) is 15.1. The van der Waals surface area contributed by atoms with E-state index in [0.29, 0.717) is 17.7 Å². The molecule has 0 saturated carbocycles. The van der Waals surface area contributed by atoms with Crippen molar-refractivity contribution in [2.24, 2.45) is 0 Å². The van der Waals surface area contributed by atoms with Crippen LogP contribution in [0.4, 0.5) is 23.2 Å². The van der Waals surface area contributed by atoms with Gasteiger partial charge >= 0.3 is 6.18 Å². The average Bonchev–Trinajstić information content (AvgIpc) is 3.07. The Morgan fingerprint density at radius 1 is 1.25 bits per heavy atom. The average molecular weight is 412 g/mol. The van der Waals surface area contributed by atoms with Crippen LogP contribution in [0.1, 0.15) is 11.4 Å². The molecule has 7 nitrogen and oxygen atoms in total. The first kappa shape index (κ1) is 19.7. The largest absolute Gasteiger partial charge is 0.417 e. The number of carbonyl (C=O) groups excluding carboxylic acids is 1. The highest BCUT2D eigenvalue weighted by Crippen LogP contribution is 2.29. The highest BCUT2D eigenvalue weighted by atomic mass is 32.2. The Morgan fingerprint density at radius 2 is 2.04 bits per heavy atom. The van der Waals surface area contributed by atoms with Crippen LogP contribution in [-0.4, -0.2) is 36.9 Å². The Hall–Kier alpha value is -3.02. The van der Waals surface area contributed by atoms with Crippen molar-refractivity contribution < 1.29 is 22.4 Å². The number of pyridine rings is 1. The van der Waals surface area contributed by atoms with E-state index in [-0.39, 0.29) is 16.5 Å². The fraction of sp³-hybridized carbons (Fsp3) is 0.188. The van der Waals surface area contributed by atoms with Gasteiger partial charge in [-0.3, -0.25) is 4.79 Å². The van der Waals surface area contributed by atoms with Gasteiger partial charge in [-0.1, -0.05) is 11.8 Å². The minimum absolute atomic E-state index is 0.0670. The van der Waals surface area contributed by atoms with Gasteiger partial charge in [0.15, 0.2) is 5.82 Å². The molecule has 0 atom stereocenters. The van der Waals surface area contributed by atoms with Gasteiger partial charge in [0, 0.05) is 11.9 Å². The van der Waals surface area contributed by atoms with E-state index in [4.69, 9.17) is 0 Å². The summed E-state index contributed by atoms with van der Waals surface area (Å²) in [5.74, 6) is -0.727. The van der Waals surface area contributed by atoms with Crippen LogP contribution in [0.15, 0.2) is 41.6 Å². The molecule has 0 bridgehead atoms. The third-order valence-corrected chi connectivity index (χ3v) is 4.44. The Kier molecular flexibility index (Phi) is 5.58. The summed E-state index contributed by atoms with van der Waals surface area (Å²) in [6.07, 6.45) is -3.76. The predicted molar refractivity (Wildman–Crippen MR) is 92.4 cm³/mol. The fourth-order valence-electron chi connectivity index (χ4n) is 2.18. The summed E-state index contributed by atoms with van der Waals surface area (Å²) in [6, 6.07) is 6.00. The molecule has 0 aliphatic carbocycles. The van der Waals surface area contributed by atoms with E-state index >= 15 is 0 Å². The van der Waals surface area contributed by atoms with Crippen LogP contribution in [0.3, 0.4) is 0 Å². The summed E-state index contributed by atoms with van der Waals surface area (Å²) >= 11 is 0.973. The molecule has 0 saturated heterocycles. The Balaban J connectivity index is 1.63. The molecule has 0 fully saturated rings. The second-order valence-electron chi connectivity index (χ2n) is 5.52. The molecule has 2 heterocycles. The first-order valence-electron chi connectivity index (χ1n) is 7.75. The minimum atomic E-state index is -4.47. The van der Waals surface area contributed by atoms with E-state index in [1.807, 2.05) is 0 Å². The van der Waals surface area contributed by atoms with E-state index in [1.54, 1.807) is 6.92 Å². The molecule has 1 aromatic carbocycles. The van der Waals surface area contributed by atoms with Gasteiger partial charge in [0.05, 0.1) is 16.3 Å². The SMILES string of the molecule is Cc1nnnn1-c1cc(NC(=O)CSc2ccc(C(F)(F)F)cn2)ccc1F. The maximum atomic E-state index is 14.0. The van der Waals surface area contributed by atoms with Crippen molar-refractivity contribution in [3.05, 3.63) is 53.7 Å². The Morgan fingerprint density at radius 3 is 2.64 bits per heavy atom. The molecule has 28 heavy (non-hydrogen) atoms. The third kappa shape index (κ3) is 4.63.